The smallest absolute Gasteiger partial charge is 0.258 e. The van der Waals surface area contributed by atoms with Gasteiger partial charge in [-0.05, 0) is 36.2 Å². The Morgan fingerprint density at radius 2 is 1.76 bits per heavy atom. The van der Waals surface area contributed by atoms with E-state index >= 15 is 0 Å². The average Bonchev–Trinajstić information content (AvgIpc) is 3.31. The molecule has 3 aromatic carbocycles. The number of rotatable bonds is 11. The molecule has 0 saturated heterocycles. The van der Waals surface area contributed by atoms with E-state index in [1.54, 1.807) is 30.2 Å². The number of aromatic amines is 1. The number of nitrogens with zero attached hydrogens (tertiary/aromatic N) is 1. The van der Waals surface area contributed by atoms with Crippen molar-refractivity contribution >= 4 is 45.9 Å². The van der Waals surface area contributed by atoms with Gasteiger partial charge >= 0.3 is 0 Å². The zero-order valence-electron chi connectivity index (χ0n) is 21.2. The highest BCUT2D eigenvalue weighted by Gasteiger charge is 2.22. The molecule has 1 aromatic heterocycles. The third kappa shape index (κ3) is 7.00. The van der Waals surface area contributed by atoms with Crippen molar-refractivity contribution in [2.24, 2.45) is 0 Å². The molecule has 4 aromatic rings. The number of methoxy groups -OCH3 is 1. The van der Waals surface area contributed by atoms with Gasteiger partial charge in [-0.3, -0.25) is 9.59 Å². The van der Waals surface area contributed by atoms with E-state index in [4.69, 9.17) is 32.7 Å². The highest BCUT2D eigenvalue weighted by molar-refractivity contribution is 6.42. The maximum atomic E-state index is 13.0. The Balaban J connectivity index is 1.52. The summed E-state index contributed by atoms with van der Waals surface area (Å²) in [5.74, 6) is 0.707. The largest absolute Gasteiger partial charge is 0.496 e. The minimum Gasteiger partial charge on any atom is -0.496 e. The first-order chi connectivity index (χ1) is 18.3. The first kappa shape index (κ1) is 27.4. The number of fused-ring (bicyclic) bond motifs is 1. The lowest BCUT2D eigenvalue weighted by Gasteiger charge is -2.28. The Kier molecular flexibility index (Phi) is 9.15. The molecule has 1 atom stereocenters. The van der Waals surface area contributed by atoms with Gasteiger partial charge in [0.05, 0.1) is 23.2 Å². The summed E-state index contributed by atoms with van der Waals surface area (Å²) in [5.41, 5.74) is 2.93. The molecule has 0 radical (unpaired) electrons. The second-order valence-electron chi connectivity index (χ2n) is 8.90. The highest BCUT2D eigenvalue weighted by atomic mass is 35.5. The number of para-hydroxylation sites is 2. The number of halogens is 2. The summed E-state index contributed by atoms with van der Waals surface area (Å²) in [4.78, 5) is 30.6. The average molecular weight is 554 g/mol. The fourth-order valence-corrected chi connectivity index (χ4v) is 4.61. The number of carbonyl (C=O) groups is 2. The molecule has 0 unspecified atom stereocenters. The van der Waals surface area contributed by atoms with Crippen molar-refractivity contribution < 1.29 is 19.1 Å². The van der Waals surface area contributed by atoms with Crippen LogP contribution in [-0.2, 0) is 22.6 Å². The molecule has 0 spiro atoms. The van der Waals surface area contributed by atoms with Crippen molar-refractivity contribution in [2.75, 3.05) is 20.3 Å². The van der Waals surface area contributed by atoms with Gasteiger partial charge in [-0.2, -0.15) is 0 Å². The SMILES string of the molecule is COc1ccccc1CN(C[C@@H](Cc1c[nH]c2ccccc12)NC(=O)COc1ccc(Cl)c(Cl)c1)C(C)=O. The standard InChI is InChI=1S/C29H29Cl2N3O4/c1-19(35)34(16-20-7-3-6-10-28(20)37-2)17-22(13-21-15-32-27-9-5-4-8-24(21)27)33-29(36)18-38-23-11-12-25(30)26(31)14-23/h3-12,14-15,22,32H,13,16-18H2,1-2H3,(H,33,36)/t22-/m1/s1. The van der Waals surface area contributed by atoms with E-state index in [0.717, 1.165) is 22.0 Å². The first-order valence-electron chi connectivity index (χ1n) is 12.1. The molecule has 198 valence electrons. The quantitative estimate of drug-likeness (QED) is 0.252. The zero-order valence-corrected chi connectivity index (χ0v) is 22.7. The molecular formula is C29H29Cl2N3O4. The number of aromatic nitrogens is 1. The Morgan fingerprint density at radius 3 is 2.53 bits per heavy atom. The number of ether oxygens (including phenoxy) is 2. The second-order valence-corrected chi connectivity index (χ2v) is 9.72. The van der Waals surface area contributed by atoms with Crippen LogP contribution >= 0.6 is 23.2 Å². The van der Waals surface area contributed by atoms with Crippen molar-refractivity contribution in [1.82, 2.24) is 15.2 Å². The fraction of sp³-hybridized carbons (Fsp3) is 0.241. The maximum Gasteiger partial charge on any atom is 0.258 e. The van der Waals surface area contributed by atoms with Gasteiger partial charge in [0.1, 0.15) is 11.5 Å². The number of benzene rings is 3. The first-order valence-corrected chi connectivity index (χ1v) is 12.9. The van der Waals surface area contributed by atoms with Gasteiger partial charge in [-0.15, -0.1) is 0 Å². The summed E-state index contributed by atoms with van der Waals surface area (Å²) >= 11 is 12.0. The van der Waals surface area contributed by atoms with Crippen LogP contribution in [0.3, 0.4) is 0 Å². The van der Waals surface area contributed by atoms with Crippen LogP contribution in [0.25, 0.3) is 10.9 Å². The van der Waals surface area contributed by atoms with Gasteiger partial charge in [-0.25, -0.2) is 0 Å². The molecular weight excluding hydrogens is 525 g/mol. The lowest BCUT2D eigenvalue weighted by Crippen LogP contribution is -2.47. The Labute approximate surface area is 231 Å². The Hall–Kier alpha value is -3.68. The Morgan fingerprint density at radius 1 is 1.00 bits per heavy atom. The van der Waals surface area contributed by atoms with Crippen LogP contribution in [0.4, 0.5) is 0 Å². The molecule has 0 bridgehead atoms. The van der Waals surface area contributed by atoms with E-state index in [2.05, 4.69) is 10.3 Å². The van der Waals surface area contributed by atoms with Gasteiger partial charge in [0.15, 0.2) is 6.61 Å². The van der Waals surface area contributed by atoms with Crippen molar-refractivity contribution in [1.29, 1.82) is 0 Å². The van der Waals surface area contributed by atoms with Crippen LogP contribution in [0.1, 0.15) is 18.1 Å². The molecule has 0 aliphatic carbocycles. The normalized spacial score (nSPS) is 11.7. The predicted octanol–water partition coefficient (Wildman–Crippen LogP) is 5.64. The topological polar surface area (TPSA) is 83.7 Å². The van der Waals surface area contributed by atoms with Crippen molar-refractivity contribution in [3.63, 3.8) is 0 Å². The van der Waals surface area contributed by atoms with E-state index in [1.807, 2.05) is 54.7 Å². The van der Waals surface area contributed by atoms with Crippen LogP contribution in [0.5, 0.6) is 11.5 Å². The van der Waals surface area contributed by atoms with Crippen LogP contribution in [-0.4, -0.2) is 48.0 Å². The second kappa shape index (κ2) is 12.7. The summed E-state index contributed by atoms with van der Waals surface area (Å²) in [7, 11) is 1.60. The van der Waals surface area contributed by atoms with Crippen molar-refractivity contribution in [3.05, 3.63) is 94.1 Å². The number of H-pyrrole nitrogens is 1. The van der Waals surface area contributed by atoms with Crippen LogP contribution in [0, 0.1) is 0 Å². The molecule has 0 fully saturated rings. The molecule has 9 heteroatoms. The molecule has 0 aliphatic heterocycles. The minimum atomic E-state index is -0.377. The summed E-state index contributed by atoms with van der Waals surface area (Å²) in [5, 5.41) is 4.87. The minimum absolute atomic E-state index is 0.110. The van der Waals surface area contributed by atoms with Gasteiger partial charge in [0.2, 0.25) is 5.91 Å². The van der Waals surface area contributed by atoms with Gasteiger partial charge in [-0.1, -0.05) is 59.6 Å². The van der Waals surface area contributed by atoms with E-state index in [1.165, 1.54) is 6.92 Å². The van der Waals surface area contributed by atoms with Crippen LogP contribution in [0.15, 0.2) is 72.9 Å². The van der Waals surface area contributed by atoms with E-state index in [0.29, 0.717) is 41.1 Å². The van der Waals surface area contributed by atoms with Gasteiger partial charge < -0.3 is 24.7 Å². The number of carbonyl (C=O) groups excluding carboxylic acids is 2. The lowest BCUT2D eigenvalue weighted by molar-refractivity contribution is -0.131. The zero-order chi connectivity index (χ0) is 27.1. The van der Waals surface area contributed by atoms with Crippen molar-refractivity contribution in [3.8, 4) is 11.5 Å². The molecule has 4 rings (SSSR count). The third-order valence-corrected chi connectivity index (χ3v) is 6.95. The highest BCUT2D eigenvalue weighted by Crippen LogP contribution is 2.26. The van der Waals surface area contributed by atoms with Crippen molar-refractivity contribution in [2.45, 2.75) is 25.9 Å². The predicted molar refractivity (Wildman–Crippen MR) is 150 cm³/mol. The van der Waals surface area contributed by atoms with E-state index in [9.17, 15) is 9.59 Å². The number of hydrogen-bond acceptors (Lipinski definition) is 4. The van der Waals surface area contributed by atoms with Gasteiger partial charge in [0.25, 0.3) is 5.91 Å². The summed E-state index contributed by atoms with van der Waals surface area (Å²) < 4.78 is 11.1. The number of amides is 2. The molecule has 1 heterocycles. The summed E-state index contributed by atoms with van der Waals surface area (Å²) in [6.07, 6.45) is 2.45. The Bertz CT molecular complexity index is 1420. The molecule has 2 N–H and O–H groups in total. The molecule has 0 saturated carbocycles. The maximum absolute atomic E-state index is 13.0. The lowest BCUT2D eigenvalue weighted by atomic mass is 10.0. The van der Waals surface area contributed by atoms with E-state index < -0.39 is 0 Å². The molecule has 7 nitrogen and oxygen atoms in total. The number of nitrogens with one attached hydrogen (secondary N) is 2. The fourth-order valence-electron chi connectivity index (χ4n) is 4.32. The molecule has 38 heavy (non-hydrogen) atoms. The summed E-state index contributed by atoms with van der Waals surface area (Å²) in [6.45, 7) is 1.95. The summed E-state index contributed by atoms with van der Waals surface area (Å²) in [6, 6.07) is 20.0. The van der Waals surface area contributed by atoms with E-state index in [-0.39, 0.29) is 24.5 Å². The number of hydrogen-bond donors (Lipinski definition) is 2. The third-order valence-electron chi connectivity index (χ3n) is 6.21. The van der Waals surface area contributed by atoms with Crippen LogP contribution in [0.2, 0.25) is 10.0 Å². The molecule has 0 aliphatic rings. The molecule has 2 amide bonds. The monoisotopic (exact) mass is 553 g/mol. The van der Waals surface area contributed by atoms with Crippen LogP contribution < -0.4 is 14.8 Å². The van der Waals surface area contributed by atoms with Gasteiger partial charge in [0, 0.05) is 48.7 Å².